The fourth-order valence-electron chi connectivity index (χ4n) is 1.86. The molecule has 0 atom stereocenters. The first kappa shape index (κ1) is 9.02. The second-order valence-corrected chi connectivity index (χ2v) is 3.64. The Labute approximate surface area is 90.9 Å². The number of nitrogens with two attached hydrogens (primary N) is 1. The molecule has 0 spiro atoms. The van der Waals surface area contributed by atoms with Crippen molar-refractivity contribution >= 4 is 5.69 Å². The lowest BCUT2D eigenvalue weighted by Gasteiger charge is -2.18. The molecule has 2 N–H and O–H groups in total. The third kappa shape index (κ3) is 1.01. The minimum atomic E-state index is -0.190. The van der Waals surface area contributed by atoms with E-state index in [1.165, 1.54) is 9.25 Å². The van der Waals surface area contributed by atoms with Crippen LogP contribution < -0.4 is 16.2 Å². The molecule has 1 aromatic heterocycles. The number of fused-ring (bicyclic) bond motifs is 3. The van der Waals surface area contributed by atoms with Gasteiger partial charge in [0.1, 0.15) is 6.61 Å². The third-order valence-electron chi connectivity index (χ3n) is 2.60. The van der Waals surface area contributed by atoms with E-state index in [9.17, 15) is 4.79 Å². The van der Waals surface area contributed by atoms with Crippen LogP contribution in [-0.2, 0) is 13.7 Å². The molecule has 1 aromatic carbocycles. The molecular weight excluding hydrogens is 208 g/mol. The van der Waals surface area contributed by atoms with E-state index in [0.29, 0.717) is 22.9 Å². The molecule has 1 aliphatic rings. The van der Waals surface area contributed by atoms with E-state index in [2.05, 4.69) is 5.10 Å². The van der Waals surface area contributed by atoms with Crippen LogP contribution in [0.25, 0.3) is 5.69 Å². The smallest absolute Gasteiger partial charge is 0.350 e. The van der Waals surface area contributed by atoms with Crippen LogP contribution in [0.3, 0.4) is 0 Å². The van der Waals surface area contributed by atoms with Crippen LogP contribution in [0.4, 0.5) is 5.69 Å². The predicted molar refractivity (Wildman–Crippen MR) is 57.5 cm³/mol. The summed E-state index contributed by atoms with van der Waals surface area (Å²) in [6.45, 7) is 0.261. The summed E-state index contributed by atoms with van der Waals surface area (Å²) in [5.74, 6) is 1.13. The molecule has 0 radical (unpaired) electrons. The number of aryl methyl sites for hydroxylation is 1. The molecule has 16 heavy (non-hydrogen) atoms. The Hall–Kier alpha value is -2.24. The molecule has 3 rings (SSSR count). The van der Waals surface area contributed by atoms with E-state index in [0.717, 1.165) is 0 Å². The number of ether oxygens (including phenoxy) is 1. The van der Waals surface area contributed by atoms with E-state index in [-0.39, 0.29) is 12.3 Å². The number of nitrogen functional groups attached to an aromatic ring is 1. The summed E-state index contributed by atoms with van der Waals surface area (Å²) in [6, 6.07) is 5.31. The maximum atomic E-state index is 11.9. The first-order valence-electron chi connectivity index (χ1n) is 4.85. The molecule has 2 aromatic rings. The van der Waals surface area contributed by atoms with E-state index in [1.807, 2.05) is 0 Å². The summed E-state index contributed by atoms with van der Waals surface area (Å²) in [5, 5.41) is 4.08. The normalized spacial score (nSPS) is 12.8. The Morgan fingerprint density at radius 2 is 2.31 bits per heavy atom. The van der Waals surface area contributed by atoms with Crippen LogP contribution in [0, 0.1) is 0 Å². The van der Waals surface area contributed by atoms with E-state index in [1.54, 1.807) is 25.2 Å². The summed E-state index contributed by atoms with van der Waals surface area (Å²) in [6.07, 6.45) is 0. The highest BCUT2D eigenvalue weighted by Crippen LogP contribution is 2.32. The standard InChI is InChI=1S/C10H10N4O2/c1-13-10(15)14-7-4-2-3-6(11)9(7)16-5-8(14)12-13/h2-4H,5,11H2,1H3. The van der Waals surface area contributed by atoms with E-state index < -0.39 is 0 Å². The van der Waals surface area contributed by atoms with Gasteiger partial charge in [0.05, 0.1) is 11.4 Å². The average molecular weight is 218 g/mol. The predicted octanol–water partition coefficient (Wildman–Crippen LogP) is 0.0456. The van der Waals surface area contributed by atoms with Gasteiger partial charge in [0.2, 0.25) is 0 Å². The minimum Gasteiger partial charge on any atom is -0.481 e. The number of benzene rings is 1. The van der Waals surface area contributed by atoms with Crippen LogP contribution in [0.5, 0.6) is 5.75 Å². The van der Waals surface area contributed by atoms with Gasteiger partial charge in [-0.25, -0.2) is 14.0 Å². The molecular formula is C10H10N4O2. The molecule has 1 aliphatic heterocycles. The van der Waals surface area contributed by atoms with Crippen molar-refractivity contribution in [3.8, 4) is 11.4 Å². The van der Waals surface area contributed by atoms with Gasteiger partial charge in [-0.15, -0.1) is 0 Å². The fraction of sp³-hybridized carbons (Fsp3) is 0.200. The highest BCUT2D eigenvalue weighted by Gasteiger charge is 2.23. The second kappa shape index (κ2) is 2.88. The number of hydrogen-bond donors (Lipinski definition) is 1. The highest BCUT2D eigenvalue weighted by molar-refractivity contribution is 5.64. The molecule has 0 fully saturated rings. The highest BCUT2D eigenvalue weighted by atomic mass is 16.5. The molecule has 0 saturated heterocycles. The van der Waals surface area contributed by atoms with Crippen LogP contribution in [0.1, 0.15) is 5.82 Å². The van der Waals surface area contributed by atoms with Gasteiger partial charge in [-0.2, -0.15) is 5.10 Å². The summed E-state index contributed by atoms with van der Waals surface area (Å²) in [5.41, 5.74) is 6.78. The van der Waals surface area contributed by atoms with Crippen molar-refractivity contribution in [1.29, 1.82) is 0 Å². The van der Waals surface area contributed by atoms with Crippen molar-refractivity contribution < 1.29 is 4.74 Å². The summed E-state index contributed by atoms with van der Waals surface area (Å²) in [7, 11) is 1.61. The Balaban J connectivity index is 2.38. The molecule has 0 amide bonds. The molecule has 2 heterocycles. The van der Waals surface area contributed by atoms with Gasteiger partial charge >= 0.3 is 5.69 Å². The van der Waals surface area contributed by atoms with Gasteiger partial charge in [0.15, 0.2) is 11.6 Å². The van der Waals surface area contributed by atoms with Crippen molar-refractivity contribution in [3.05, 3.63) is 34.5 Å². The zero-order valence-electron chi connectivity index (χ0n) is 8.67. The maximum Gasteiger partial charge on any atom is 0.350 e. The third-order valence-corrected chi connectivity index (χ3v) is 2.60. The monoisotopic (exact) mass is 218 g/mol. The first-order valence-corrected chi connectivity index (χ1v) is 4.85. The fourth-order valence-corrected chi connectivity index (χ4v) is 1.86. The van der Waals surface area contributed by atoms with Crippen molar-refractivity contribution in [1.82, 2.24) is 14.3 Å². The number of nitrogens with zero attached hydrogens (tertiary/aromatic N) is 3. The van der Waals surface area contributed by atoms with E-state index >= 15 is 0 Å². The van der Waals surface area contributed by atoms with Gasteiger partial charge in [0.25, 0.3) is 0 Å². The topological polar surface area (TPSA) is 75.1 Å². The minimum absolute atomic E-state index is 0.190. The van der Waals surface area contributed by atoms with Crippen LogP contribution in [0.15, 0.2) is 23.0 Å². The quantitative estimate of drug-likeness (QED) is 0.634. The Morgan fingerprint density at radius 1 is 1.50 bits per heavy atom. The Kier molecular flexibility index (Phi) is 1.62. The molecule has 0 bridgehead atoms. The van der Waals surface area contributed by atoms with Gasteiger partial charge in [-0.1, -0.05) is 6.07 Å². The number of anilines is 1. The molecule has 0 unspecified atom stereocenters. The van der Waals surface area contributed by atoms with Crippen molar-refractivity contribution in [2.75, 3.05) is 5.73 Å². The lowest BCUT2D eigenvalue weighted by molar-refractivity contribution is 0.280. The number of para-hydroxylation sites is 1. The van der Waals surface area contributed by atoms with Crippen LogP contribution >= 0.6 is 0 Å². The lowest BCUT2D eigenvalue weighted by Crippen LogP contribution is -2.25. The summed E-state index contributed by atoms with van der Waals surface area (Å²) >= 11 is 0. The van der Waals surface area contributed by atoms with Gasteiger partial charge in [0, 0.05) is 7.05 Å². The molecule has 6 nitrogen and oxygen atoms in total. The average Bonchev–Trinajstić information content (AvgIpc) is 2.56. The Morgan fingerprint density at radius 3 is 3.12 bits per heavy atom. The number of aromatic nitrogens is 3. The largest absolute Gasteiger partial charge is 0.481 e. The van der Waals surface area contributed by atoms with Gasteiger partial charge < -0.3 is 10.5 Å². The molecule has 0 saturated carbocycles. The van der Waals surface area contributed by atoms with E-state index in [4.69, 9.17) is 10.5 Å². The molecule has 82 valence electrons. The number of rotatable bonds is 0. The summed E-state index contributed by atoms with van der Waals surface area (Å²) < 4.78 is 8.30. The zero-order chi connectivity index (χ0) is 11.3. The van der Waals surface area contributed by atoms with Gasteiger partial charge in [-0.3, -0.25) is 0 Å². The van der Waals surface area contributed by atoms with Crippen LogP contribution in [-0.4, -0.2) is 14.3 Å². The van der Waals surface area contributed by atoms with Crippen molar-refractivity contribution in [2.24, 2.45) is 7.05 Å². The summed E-state index contributed by atoms with van der Waals surface area (Å²) in [4.78, 5) is 11.9. The number of hydrogen-bond acceptors (Lipinski definition) is 4. The van der Waals surface area contributed by atoms with Crippen molar-refractivity contribution in [2.45, 2.75) is 6.61 Å². The Bertz CT molecular complexity index is 626. The van der Waals surface area contributed by atoms with Crippen molar-refractivity contribution in [3.63, 3.8) is 0 Å². The van der Waals surface area contributed by atoms with Crippen LogP contribution in [0.2, 0.25) is 0 Å². The SMILES string of the molecule is Cn1nc2n(c1=O)-c1cccc(N)c1OC2. The maximum absolute atomic E-state index is 11.9. The molecule has 6 heteroatoms. The lowest BCUT2D eigenvalue weighted by atomic mass is 10.2. The molecule has 0 aliphatic carbocycles. The first-order chi connectivity index (χ1) is 7.68. The van der Waals surface area contributed by atoms with Gasteiger partial charge in [-0.05, 0) is 12.1 Å². The second-order valence-electron chi connectivity index (χ2n) is 3.64. The zero-order valence-corrected chi connectivity index (χ0v) is 8.67.